The summed E-state index contributed by atoms with van der Waals surface area (Å²) in [6, 6.07) is 7.66. The van der Waals surface area contributed by atoms with Crippen molar-refractivity contribution in [1.29, 1.82) is 0 Å². The van der Waals surface area contributed by atoms with E-state index in [1.807, 2.05) is 24.3 Å². The van der Waals surface area contributed by atoms with E-state index in [0.29, 0.717) is 31.1 Å². The molecule has 2 saturated heterocycles. The second-order valence-corrected chi connectivity index (χ2v) is 6.70. The molecule has 0 aliphatic carbocycles. The van der Waals surface area contributed by atoms with Crippen molar-refractivity contribution in [1.82, 2.24) is 15.0 Å². The van der Waals surface area contributed by atoms with Gasteiger partial charge >= 0.3 is 0 Å². The first-order valence-electron chi connectivity index (χ1n) is 9.59. The lowest BCUT2D eigenvalue weighted by Gasteiger charge is -2.27. The van der Waals surface area contributed by atoms with Gasteiger partial charge in [0.25, 0.3) is 0 Å². The molecule has 9 nitrogen and oxygen atoms in total. The number of ether oxygens (including phenoxy) is 2. The molecule has 0 saturated carbocycles. The number of anilines is 3. The Balaban J connectivity index is 1.52. The third kappa shape index (κ3) is 4.48. The third-order valence-electron chi connectivity index (χ3n) is 4.79. The summed E-state index contributed by atoms with van der Waals surface area (Å²) < 4.78 is 10.6. The number of aromatic nitrogens is 3. The van der Waals surface area contributed by atoms with Crippen molar-refractivity contribution in [3.05, 3.63) is 29.8 Å². The molecule has 2 aliphatic rings. The number of nitrogens with zero attached hydrogens (tertiary/aromatic N) is 6. The van der Waals surface area contributed by atoms with E-state index in [0.717, 1.165) is 50.3 Å². The molecule has 0 amide bonds. The van der Waals surface area contributed by atoms with E-state index in [4.69, 9.17) is 14.5 Å². The van der Waals surface area contributed by atoms with Crippen molar-refractivity contribution >= 4 is 24.1 Å². The lowest BCUT2D eigenvalue weighted by atomic mass is 10.2. The molecule has 0 unspecified atom stereocenters. The summed E-state index contributed by atoms with van der Waals surface area (Å²) in [5, 5.41) is 4.29. The highest BCUT2D eigenvalue weighted by molar-refractivity contribution is 5.80. The van der Waals surface area contributed by atoms with Crippen molar-refractivity contribution in [2.24, 2.45) is 5.10 Å². The van der Waals surface area contributed by atoms with Crippen molar-refractivity contribution in [3.63, 3.8) is 0 Å². The summed E-state index contributed by atoms with van der Waals surface area (Å²) in [4.78, 5) is 18.2. The fourth-order valence-electron chi connectivity index (χ4n) is 3.22. The molecule has 1 aromatic carbocycles. The molecule has 3 heterocycles. The van der Waals surface area contributed by atoms with Gasteiger partial charge in [-0.3, -0.25) is 0 Å². The summed E-state index contributed by atoms with van der Waals surface area (Å²) in [7, 11) is 1.65. The average molecular weight is 383 g/mol. The van der Waals surface area contributed by atoms with Gasteiger partial charge in [0, 0.05) is 26.2 Å². The molecule has 0 radical (unpaired) electrons. The van der Waals surface area contributed by atoms with E-state index in [9.17, 15) is 0 Å². The summed E-state index contributed by atoms with van der Waals surface area (Å²) in [5.74, 6) is 2.63. The number of methoxy groups -OCH3 is 1. The summed E-state index contributed by atoms with van der Waals surface area (Å²) >= 11 is 0. The number of rotatable bonds is 6. The predicted octanol–water partition coefficient (Wildman–Crippen LogP) is 1.76. The smallest absolute Gasteiger partial charge is 0.250 e. The Morgan fingerprint density at radius 2 is 1.61 bits per heavy atom. The van der Waals surface area contributed by atoms with E-state index in [2.05, 4.69) is 30.3 Å². The van der Waals surface area contributed by atoms with Crippen molar-refractivity contribution in [2.45, 2.75) is 12.8 Å². The summed E-state index contributed by atoms with van der Waals surface area (Å²) in [6.07, 6.45) is 4.06. The van der Waals surface area contributed by atoms with Gasteiger partial charge in [-0.25, -0.2) is 5.43 Å². The van der Waals surface area contributed by atoms with Crippen LogP contribution < -0.4 is 20.0 Å². The SMILES string of the molecule is COc1ccc(/C=N/Nc2nc(N3CCCC3)nc(N3CCOCC3)n2)cc1. The number of nitrogens with one attached hydrogen (secondary N) is 1. The van der Waals surface area contributed by atoms with Crippen LogP contribution in [0.2, 0.25) is 0 Å². The molecule has 2 fully saturated rings. The quantitative estimate of drug-likeness (QED) is 0.596. The van der Waals surface area contributed by atoms with Gasteiger partial charge in [0.15, 0.2) is 0 Å². The second kappa shape index (κ2) is 8.83. The topological polar surface area (TPSA) is 88.0 Å². The third-order valence-corrected chi connectivity index (χ3v) is 4.79. The predicted molar refractivity (Wildman–Crippen MR) is 109 cm³/mol. The van der Waals surface area contributed by atoms with Crippen LogP contribution in [0.1, 0.15) is 18.4 Å². The van der Waals surface area contributed by atoms with Crippen LogP contribution in [-0.4, -0.2) is 67.7 Å². The van der Waals surface area contributed by atoms with Gasteiger partial charge < -0.3 is 19.3 Å². The van der Waals surface area contributed by atoms with Gasteiger partial charge in [0.05, 0.1) is 26.5 Å². The molecule has 148 valence electrons. The lowest BCUT2D eigenvalue weighted by Crippen LogP contribution is -2.38. The Bertz CT molecular complexity index is 800. The van der Waals surface area contributed by atoms with Gasteiger partial charge in [-0.05, 0) is 42.7 Å². The van der Waals surface area contributed by atoms with Gasteiger partial charge in [0.1, 0.15) is 5.75 Å². The fraction of sp³-hybridized carbons (Fsp3) is 0.474. The number of hydrogen-bond acceptors (Lipinski definition) is 9. The molecule has 1 N–H and O–H groups in total. The molecule has 0 spiro atoms. The minimum atomic E-state index is 0.447. The lowest BCUT2D eigenvalue weighted by molar-refractivity contribution is 0.122. The normalized spacial score (nSPS) is 17.3. The van der Waals surface area contributed by atoms with Crippen LogP contribution in [0.3, 0.4) is 0 Å². The van der Waals surface area contributed by atoms with Gasteiger partial charge in [-0.2, -0.15) is 20.1 Å². The van der Waals surface area contributed by atoms with Crippen LogP contribution in [0.15, 0.2) is 29.4 Å². The summed E-state index contributed by atoms with van der Waals surface area (Å²) in [5.41, 5.74) is 3.91. The first-order valence-corrected chi connectivity index (χ1v) is 9.59. The molecule has 28 heavy (non-hydrogen) atoms. The van der Waals surface area contributed by atoms with Crippen LogP contribution in [0, 0.1) is 0 Å². The van der Waals surface area contributed by atoms with Gasteiger partial charge in [-0.1, -0.05) is 0 Å². The van der Waals surface area contributed by atoms with Crippen molar-refractivity contribution < 1.29 is 9.47 Å². The van der Waals surface area contributed by atoms with E-state index in [1.165, 1.54) is 0 Å². The van der Waals surface area contributed by atoms with Crippen LogP contribution in [0.25, 0.3) is 0 Å². The standard InChI is InChI=1S/C19H25N7O2/c1-27-16-6-4-15(5-7-16)14-20-24-17-21-18(25-8-2-3-9-25)23-19(22-17)26-10-12-28-13-11-26/h4-7,14H,2-3,8-13H2,1H3,(H,21,22,23,24)/b20-14+. The van der Waals surface area contributed by atoms with E-state index in [-0.39, 0.29) is 0 Å². The van der Waals surface area contributed by atoms with Gasteiger partial charge in [-0.15, -0.1) is 0 Å². The Morgan fingerprint density at radius 3 is 2.25 bits per heavy atom. The monoisotopic (exact) mass is 383 g/mol. The fourth-order valence-corrected chi connectivity index (χ4v) is 3.22. The largest absolute Gasteiger partial charge is 0.497 e. The highest BCUT2D eigenvalue weighted by Gasteiger charge is 2.21. The average Bonchev–Trinajstić information content (AvgIpc) is 3.30. The molecule has 2 aromatic rings. The molecular weight excluding hydrogens is 358 g/mol. The van der Waals surface area contributed by atoms with Crippen LogP contribution in [0.5, 0.6) is 5.75 Å². The Labute approximate surface area is 164 Å². The maximum Gasteiger partial charge on any atom is 0.250 e. The Hall–Kier alpha value is -2.94. The maximum atomic E-state index is 5.44. The highest BCUT2D eigenvalue weighted by Crippen LogP contribution is 2.21. The first kappa shape index (κ1) is 18.4. The highest BCUT2D eigenvalue weighted by atomic mass is 16.5. The minimum Gasteiger partial charge on any atom is -0.497 e. The molecular formula is C19H25N7O2. The summed E-state index contributed by atoms with van der Waals surface area (Å²) in [6.45, 7) is 4.87. The van der Waals surface area contributed by atoms with Crippen LogP contribution >= 0.6 is 0 Å². The zero-order chi connectivity index (χ0) is 19.2. The Kier molecular flexibility index (Phi) is 5.81. The number of hydrogen-bond donors (Lipinski definition) is 1. The molecule has 9 heteroatoms. The van der Waals surface area contributed by atoms with Gasteiger partial charge in [0.2, 0.25) is 17.8 Å². The molecule has 1 aromatic heterocycles. The second-order valence-electron chi connectivity index (χ2n) is 6.70. The first-order chi connectivity index (χ1) is 13.8. The number of hydrazone groups is 1. The minimum absolute atomic E-state index is 0.447. The molecule has 2 aliphatic heterocycles. The van der Waals surface area contributed by atoms with E-state index >= 15 is 0 Å². The van der Waals surface area contributed by atoms with Crippen molar-refractivity contribution in [3.8, 4) is 5.75 Å². The molecule has 0 bridgehead atoms. The zero-order valence-electron chi connectivity index (χ0n) is 16.0. The Morgan fingerprint density at radius 1 is 0.964 bits per heavy atom. The maximum absolute atomic E-state index is 5.44. The number of benzene rings is 1. The van der Waals surface area contributed by atoms with E-state index < -0.39 is 0 Å². The zero-order valence-corrected chi connectivity index (χ0v) is 16.0. The number of morpholine rings is 1. The molecule has 4 rings (SSSR count). The van der Waals surface area contributed by atoms with Crippen molar-refractivity contribution in [2.75, 3.05) is 61.7 Å². The molecule has 0 atom stereocenters. The van der Waals surface area contributed by atoms with Crippen LogP contribution in [0.4, 0.5) is 17.8 Å². The van der Waals surface area contributed by atoms with Crippen LogP contribution in [-0.2, 0) is 4.74 Å². The van der Waals surface area contributed by atoms with E-state index in [1.54, 1.807) is 13.3 Å².